The average Bonchev–Trinajstić information content (AvgIpc) is 3.08. The zero-order chi connectivity index (χ0) is 26.3. The molecule has 5 nitrogen and oxygen atoms in total. The molecule has 0 spiro atoms. The zero-order valence-corrected chi connectivity index (χ0v) is 23.3. The first-order valence-corrected chi connectivity index (χ1v) is 14.2. The fraction of sp³-hybridized carbons (Fsp3) is 0.250. The van der Waals surface area contributed by atoms with Crippen molar-refractivity contribution in [2.24, 2.45) is 0 Å². The molecule has 0 saturated heterocycles. The number of carbonyl (C=O) groups is 1. The molecule has 0 aliphatic heterocycles. The van der Waals surface area contributed by atoms with E-state index in [0.717, 1.165) is 38.2 Å². The Hall–Kier alpha value is -2.74. The molecule has 0 bridgehead atoms. The molecule has 0 atom stereocenters. The summed E-state index contributed by atoms with van der Waals surface area (Å²) in [7, 11) is -3.98. The first kappa shape index (κ1) is 26.3. The number of halogens is 1. The van der Waals surface area contributed by atoms with Crippen molar-refractivity contribution < 1.29 is 13.2 Å². The Morgan fingerprint density at radius 3 is 2.33 bits per heavy atom. The highest BCUT2D eigenvalue weighted by molar-refractivity contribution is 8.00. The second-order valence-corrected chi connectivity index (χ2v) is 13.9. The molecule has 0 fully saturated rings. The van der Waals surface area contributed by atoms with Crippen LogP contribution < -0.4 is 4.72 Å². The van der Waals surface area contributed by atoms with Crippen LogP contribution in [0.2, 0.25) is 5.02 Å². The molecule has 0 unspecified atom stereocenters. The van der Waals surface area contributed by atoms with Gasteiger partial charge in [0, 0.05) is 43.2 Å². The van der Waals surface area contributed by atoms with Crippen molar-refractivity contribution in [3.8, 4) is 0 Å². The molecule has 8 heteroatoms. The average molecular weight is 541 g/mol. The summed E-state index contributed by atoms with van der Waals surface area (Å²) >= 11 is 8.41. The van der Waals surface area contributed by atoms with Crippen molar-refractivity contribution in [2.45, 2.75) is 55.6 Å². The molecule has 4 aromatic rings. The monoisotopic (exact) mass is 540 g/mol. The van der Waals surface area contributed by atoms with Gasteiger partial charge in [0.25, 0.3) is 15.9 Å². The Bertz CT molecular complexity index is 1550. The van der Waals surface area contributed by atoms with E-state index in [1.165, 1.54) is 12.1 Å². The number of hydrogen-bond acceptors (Lipinski definition) is 4. The largest absolute Gasteiger partial charge is 0.358 e. The number of benzene rings is 3. The molecular weight excluding hydrogens is 512 g/mol. The van der Waals surface area contributed by atoms with Gasteiger partial charge in [0.1, 0.15) is 0 Å². The number of rotatable bonds is 6. The standard InChI is InChI=1S/C28H29ClN2O3S2/c1-17-6-11-22(12-7-17)36(33,34)31-27(32)20-9-13-26-24(15-20)23(18(2)30-26)14-19-8-10-21(16-25(19)29)35-28(3,4)5/h6-13,15-16,30H,14H2,1-5H3,(H,31,32). The lowest BCUT2D eigenvalue weighted by Crippen LogP contribution is -2.30. The summed E-state index contributed by atoms with van der Waals surface area (Å²) in [5.74, 6) is -0.677. The molecule has 188 valence electrons. The quantitative estimate of drug-likeness (QED) is 0.257. The van der Waals surface area contributed by atoms with E-state index in [1.54, 1.807) is 42.1 Å². The highest BCUT2D eigenvalue weighted by atomic mass is 35.5. The molecule has 36 heavy (non-hydrogen) atoms. The zero-order valence-electron chi connectivity index (χ0n) is 20.9. The highest BCUT2D eigenvalue weighted by Gasteiger charge is 2.20. The number of sulfonamides is 1. The fourth-order valence-corrected chi connectivity index (χ4v) is 6.29. The van der Waals surface area contributed by atoms with E-state index in [9.17, 15) is 13.2 Å². The predicted octanol–water partition coefficient (Wildman–Crippen LogP) is 7.04. The van der Waals surface area contributed by atoms with Crippen LogP contribution in [-0.4, -0.2) is 24.1 Å². The minimum atomic E-state index is -3.98. The Morgan fingerprint density at radius 2 is 1.69 bits per heavy atom. The Kier molecular flexibility index (Phi) is 7.28. The molecule has 1 aromatic heterocycles. The summed E-state index contributed by atoms with van der Waals surface area (Å²) in [6.07, 6.45) is 0.581. The normalized spacial score (nSPS) is 12.2. The van der Waals surface area contributed by atoms with Gasteiger partial charge in [0.2, 0.25) is 0 Å². The van der Waals surface area contributed by atoms with Gasteiger partial charge >= 0.3 is 0 Å². The van der Waals surface area contributed by atoms with Gasteiger partial charge in [0.15, 0.2) is 0 Å². The van der Waals surface area contributed by atoms with Crippen LogP contribution in [0.4, 0.5) is 0 Å². The topological polar surface area (TPSA) is 79.0 Å². The third-order valence-corrected chi connectivity index (χ3v) is 8.56. The lowest BCUT2D eigenvalue weighted by molar-refractivity contribution is 0.0981. The third kappa shape index (κ3) is 5.97. The number of nitrogens with one attached hydrogen (secondary N) is 2. The maximum Gasteiger partial charge on any atom is 0.265 e. The summed E-state index contributed by atoms with van der Waals surface area (Å²) in [6, 6.07) is 17.6. The van der Waals surface area contributed by atoms with Gasteiger partial charge in [-0.1, -0.05) is 56.1 Å². The van der Waals surface area contributed by atoms with Crippen molar-refractivity contribution >= 4 is 50.2 Å². The Labute approximate surface area is 221 Å². The van der Waals surface area contributed by atoms with Crippen LogP contribution in [0, 0.1) is 13.8 Å². The molecular formula is C28H29ClN2O3S2. The summed E-state index contributed by atoms with van der Waals surface area (Å²) < 4.78 is 27.7. The van der Waals surface area contributed by atoms with E-state index in [0.29, 0.717) is 11.4 Å². The van der Waals surface area contributed by atoms with E-state index in [4.69, 9.17) is 11.6 Å². The smallest absolute Gasteiger partial charge is 0.265 e. The number of fused-ring (bicyclic) bond motifs is 1. The minimum Gasteiger partial charge on any atom is -0.358 e. The maximum absolute atomic E-state index is 12.9. The number of thioether (sulfide) groups is 1. The van der Waals surface area contributed by atoms with Crippen LogP contribution >= 0.6 is 23.4 Å². The molecule has 3 aromatic carbocycles. The lowest BCUT2D eigenvalue weighted by atomic mass is 10.0. The van der Waals surface area contributed by atoms with Crippen molar-refractivity contribution in [3.05, 3.63) is 93.6 Å². The van der Waals surface area contributed by atoms with Crippen LogP contribution in [0.5, 0.6) is 0 Å². The number of hydrogen-bond donors (Lipinski definition) is 2. The van der Waals surface area contributed by atoms with E-state index >= 15 is 0 Å². The lowest BCUT2D eigenvalue weighted by Gasteiger charge is -2.18. The Morgan fingerprint density at radius 1 is 1.00 bits per heavy atom. The van der Waals surface area contributed by atoms with Gasteiger partial charge < -0.3 is 4.98 Å². The summed E-state index contributed by atoms with van der Waals surface area (Å²) in [5.41, 5.74) is 5.04. The van der Waals surface area contributed by atoms with Gasteiger partial charge in [-0.05, 0) is 67.4 Å². The van der Waals surface area contributed by atoms with Crippen molar-refractivity contribution in [3.63, 3.8) is 0 Å². The fourth-order valence-electron chi connectivity index (χ4n) is 3.99. The van der Waals surface area contributed by atoms with Gasteiger partial charge in [-0.3, -0.25) is 4.79 Å². The second kappa shape index (κ2) is 9.96. The SMILES string of the molecule is Cc1ccc(S(=O)(=O)NC(=O)c2ccc3[nH]c(C)c(Cc4ccc(SC(C)(C)C)cc4Cl)c3c2)cc1. The highest BCUT2D eigenvalue weighted by Crippen LogP contribution is 2.35. The van der Waals surface area contributed by atoms with E-state index < -0.39 is 15.9 Å². The van der Waals surface area contributed by atoms with Gasteiger partial charge in [0.05, 0.1) is 4.90 Å². The second-order valence-electron chi connectivity index (χ2n) is 9.88. The number of aromatic amines is 1. The minimum absolute atomic E-state index is 0.0448. The molecule has 2 N–H and O–H groups in total. The molecule has 0 aliphatic carbocycles. The van der Waals surface area contributed by atoms with Crippen LogP contribution in [0.3, 0.4) is 0 Å². The number of aryl methyl sites for hydroxylation is 2. The molecule has 1 amide bonds. The maximum atomic E-state index is 12.9. The number of carbonyl (C=O) groups excluding carboxylic acids is 1. The summed E-state index contributed by atoms with van der Waals surface area (Å²) in [4.78, 5) is 17.4. The first-order valence-electron chi connectivity index (χ1n) is 11.5. The Balaban J connectivity index is 1.62. The van der Waals surface area contributed by atoms with E-state index in [2.05, 4.69) is 36.5 Å². The third-order valence-electron chi connectivity index (χ3n) is 5.76. The van der Waals surface area contributed by atoms with Gasteiger partial charge in [-0.2, -0.15) is 0 Å². The van der Waals surface area contributed by atoms with E-state index in [-0.39, 0.29) is 15.2 Å². The first-order chi connectivity index (χ1) is 16.8. The van der Waals surface area contributed by atoms with Crippen molar-refractivity contribution in [1.29, 1.82) is 0 Å². The van der Waals surface area contributed by atoms with Crippen LogP contribution in [0.15, 0.2) is 70.5 Å². The number of amides is 1. The van der Waals surface area contributed by atoms with Crippen LogP contribution in [0.25, 0.3) is 10.9 Å². The van der Waals surface area contributed by atoms with Crippen molar-refractivity contribution in [2.75, 3.05) is 0 Å². The number of H-pyrrole nitrogens is 1. The van der Waals surface area contributed by atoms with Crippen LogP contribution in [0.1, 0.15) is 53.5 Å². The van der Waals surface area contributed by atoms with Crippen LogP contribution in [-0.2, 0) is 16.4 Å². The van der Waals surface area contributed by atoms with E-state index in [1.807, 2.05) is 26.0 Å². The molecule has 0 aliphatic rings. The summed E-state index contributed by atoms with van der Waals surface area (Å²) in [5, 5.41) is 1.55. The molecule has 0 saturated carbocycles. The summed E-state index contributed by atoms with van der Waals surface area (Å²) in [6.45, 7) is 10.3. The molecule has 0 radical (unpaired) electrons. The molecule has 1 heterocycles. The molecule has 4 rings (SSSR count). The predicted molar refractivity (Wildman–Crippen MR) is 149 cm³/mol. The van der Waals surface area contributed by atoms with Gasteiger partial charge in [-0.25, -0.2) is 13.1 Å². The number of aromatic nitrogens is 1. The van der Waals surface area contributed by atoms with Gasteiger partial charge in [-0.15, -0.1) is 11.8 Å². The van der Waals surface area contributed by atoms with Crippen molar-refractivity contribution in [1.82, 2.24) is 9.71 Å².